The second-order valence-electron chi connectivity index (χ2n) is 5.56. The van der Waals surface area contributed by atoms with Crippen molar-refractivity contribution in [2.24, 2.45) is 0 Å². The number of carbonyl (C=O) groups is 1. The van der Waals surface area contributed by atoms with Gasteiger partial charge >= 0.3 is 0 Å². The lowest BCUT2D eigenvalue weighted by Crippen LogP contribution is -2.21. The third kappa shape index (κ3) is 4.94. The quantitative estimate of drug-likeness (QED) is 0.682. The molecular formula is C19H17ClN4O2. The summed E-state index contributed by atoms with van der Waals surface area (Å²) >= 11 is 6.09. The Kier molecular flexibility index (Phi) is 5.66. The molecule has 0 unspecified atom stereocenters. The molecule has 0 saturated carbocycles. The number of aromatic nitrogens is 2. The third-order valence-electron chi connectivity index (χ3n) is 3.46. The van der Waals surface area contributed by atoms with E-state index in [9.17, 15) is 4.79 Å². The monoisotopic (exact) mass is 368 g/mol. The Morgan fingerprint density at radius 2 is 1.69 bits per heavy atom. The summed E-state index contributed by atoms with van der Waals surface area (Å²) in [5.41, 5.74) is 1.86. The number of benzene rings is 2. The molecule has 1 amide bonds. The maximum atomic E-state index is 11.9. The van der Waals surface area contributed by atoms with Crippen LogP contribution in [0.3, 0.4) is 0 Å². The van der Waals surface area contributed by atoms with E-state index in [-0.39, 0.29) is 12.5 Å². The van der Waals surface area contributed by atoms with Gasteiger partial charge < -0.3 is 15.4 Å². The number of nitrogens with one attached hydrogen (secondary N) is 2. The Bertz CT molecular complexity index is 883. The predicted octanol–water partition coefficient (Wildman–Crippen LogP) is 4.20. The summed E-state index contributed by atoms with van der Waals surface area (Å²) in [7, 11) is 0. The highest BCUT2D eigenvalue weighted by Crippen LogP contribution is 2.23. The molecule has 7 heteroatoms. The van der Waals surface area contributed by atoms with Gasteiger partial charge in [0.15, 0.2) is 18.2 Å². The fraction of sp³-hybridized carbons (Fsp3) is 0.105. The number of anilines is 3. The first-order valence-electron chi connectivity index (χ1n) is 7.95. The molecule has 0 bridgehead atoms. The van der Waals surface area contributed by atoms with Crippen molar-refractivity contribution in [1.82, 2.24) is 10.2 Å². The van der Waals surface area contributed by atoms with Gasteiger partial charge in [-0.1, -0.05) is 41.4 Å². The minimum absolute atomic E-state index is 0.107. The van der Waals surface area contributed by atoms with Gasteiger partial charge in [0.25, 0.3) is 5.91 Å². The normalized spacial score (nSPS) is 10.2. The Morgan fingerprint density at radius 3 is 2.38 bits per heavy atom. The van der Waals surface area contributed by atoms with Crippen molar-refractivity contribution < 1.29 is 9.53 Å². The molecule has 3 rings (SSSR count). The molecule has 132 valence electrons. The van der Waals surface area contributed by atoms with Gasteiger partial charge in [-0.05, 0) is 43.3 Å². The topological polar surface area (TPSA) is 76.1 Å². The van der Waals surface area contributed by atoms with Crippen molar-refractivity contribution in [2.45, 2.75) is 6.92 Å². The van der Waals surface area contributed by atoms with Gasteiger partial charge in [0.1, 0.15) is 5.75 Å². The van der Waals surface area contributed by atoms with E-state index in [4.69, 9.17) is 16.3 Å². The SMILES string of the molecule is Cc1ccc(OCC(=O)Nc2ccc(Nc3ccccc3Cl)nn2)cc1. The van der Waals surface area contributed by atoms with Gasteiger partial charge in [-0.25, -0.2) is 0 Å². The maximum absolute atomic E-state index is 11.9. The van der Waals surface area contributed by atoms with E-state index in [0.717, 1.165) is 11.3 Å². The summed E-state index contributed by atoms with van der Waals surface area (Å²) in [6.07, 6.45) is 0. The van der Waals surface area contributed by atoms with E-state index in [1.807, 2.05) is 49.4 Å². The van der Waals surface area contributed by atoms with E-state index in [1.165, 1.54) is 0 Å². The van der Waals surface area contributed by atoms with Crippen LogP contribution in [-0.2, 0) is 4.79 Å². The van der Waals surface area contributed by atoms with Crippen LogP contribution in [0, 0.1) is 6.92 Å². The second-order valence-corrected chi connectivity index (χ2v) is 5.97. The van der Waals surface area contributed by atoms with E-state index in [0.29, 0.717) is 22.4 Å². The molecule has 0 atom stereocenters. The number of para-hydroxylation sites is 1. The highest BCUT2D eigenvalue weighted by molar-refractivity contribution is 6.33. The van der Waals surface area contributed by atoms with Crippen molar-refractivity contribution in [3.05, 3.63) is 71.2 Å². The van der Waals surface area contributed by atoms with E-state index in [2.05, 4.69) is 20.8 Å². The van der Waals surface area contributed by atoms with Gasteiger partial charge in [-0.2, -0.15) is 0 Å². The van der Waals surface area contributed by atoms with Crippen molar-refractivity contribution in [2.75, 3.05) is 17.2 Å². The number of ether oxygens (including phenoxy) is 1. The molecular weight excluding hydrogens is 352 g/mol. The molecule has 26 heavy (non-hydrogen) atoms. The van der Waals surface area contributed by atoms with Gasteiger partial charge in [0.05, 0.1) is 10.7 Å². The van der Waals surface area contributed by atoms with Crippen LogP contribution in [0.5, 0.6) is 5.75 Å². The molecule has 6 nitrogen and oxygen atoms in total. The summed E-state index contributed by atoms with van der Waals surface area (Å²) in [6, 6.07) is 18.1. The Hall–Kier alpha value is -3.12. The number of halogens is 1. The van der Waals surface area contributed by atoms with Crippen molar-refractivity contribution >= 4 is 34.8 Å². The lowest BCUT2D eigenvalue weighted by molar-refractivity contribution is -0.118. The zero-order valence-electron chi connectivity index (χ0n) is 14.1. The Morgan fingerprint density at radius 1 is 1.00 bits per heavy atom. The number of rotatable bonds is 6. The fourth-order valence-corrected chi connectivity index (χ4v) is 2.31. The molecule has 0 fully saturated rings. The van der Waals surface area contributed by atoms with Crippen LogP contribution in [0.25, 0.3) is 0 Å². The van der Waals surface area contributed by atoms with Crippen LogP contribution in [0.15, 0.2) is 60.7 Å². The molecule has 1 aromatic heterocycles. The van der Waals surface area contributed by atoms with E-state index < -0.39 is 0 Å². The maximum Gasteiger partial charge on any atom is 0.263 e. The van der Waals surface area contributed by atoms with Crippen molar-refractivity contribution in [3.8, 4) is 5.75 Å². The molecule has 2 aromatic carbocycles. The number of amides is 1. The lowest BCUT2D eigenvalue weighted by Gasteiger charge is -2.09. The first-order valence-corrected chi connectivity index (χ1v) is 8.32. The van der Waals surface area contributed by atoms with E-state index in [1.54, 1.807) is 18.2 Å². The molecule has 0 aliphatic carbocycles. The standard InChI is InChI=1S/C19H17ClN4O2/c1-13-6-8-14(9-7-13)26-12-19(25)22-18-11-10-17(23-24-18)21-16-5-3-2-4-15(16)20/h2-11H,12H2,1H3,(H,21,23)(H,22,24,25). The van der Waals surface area contributed by atoms with Gasteiger partial charge in [-0.3, -0.25) is 4.79 Å². The minimum atomic E-state index is -0.313. The summed E-state index contributed by atoms with van der Waals surface area (Å²) in [4.78, 5) is 11.9. The molecule has 0 aliphatic rings. The zero-order chi connectivity index (χ0) is 18.4. The largest absolute Gasteiger partial charge is 0.484 e. The van der Waals surface area contributed by atoms with Crippen LogP contribution < -0.4 is 15.4 Å². The smallest absolute Gasteiger partial charge is 0.263 e. The van der Waals surface area contributed by atoms with Gasteiger partial charge in [0, 0.05) is 0 Å². The first kappa shape index (κ1) is 17.7. The zero-order valence-corrected chi connectivity index (χ0v) is 14.8. The lowest BCUT2D eigenvalue weighted by atomic mass is 10.2. The van der Waals surface area contributed by atoms with E-state index >= 15 is 0 Å². The number of nitrogens with zero attached hydrogens (tertiary/aromatic N) is 2. The highest BCUT2D eigenvalue weighted by atomic mass is 35.5. The highest BCUT2D eigenvalue weighted by Gasteiger charge is 2.06. The number of carbonyl (C=O) groups excluding carboxylic acids is 1. The minimum Gasteiger partial charge on any atom is -0.484 e. The summed E-state index contributed by atoms with van der Waals surface area (Å²) < 4.78 is 5.42. The van der Waals surface area contributed by atoms with Crippen LogP contribution in [0.2, 0.25) is 5.02 Å². The average molecular weight is 369 g/mol. The third-order valence-corrected chi connectivity index (χ3v) is 3.79. The Balaban J connectivity index is 1.52. The average Bonchev–Trinajstić information content (AvgIpc) is 2.65. The Labute approximate surface area is 156 Å². The van der Waals surface area contributed by atoms with Crippen LogP contribution in [0.1, 0.15) is 5.56 Å². The number of hydrogen-bond donors (Lipinski definition) is 2. The molecule has 0 aliphatic heterocycles. The molecule has 0 radical (unpaired) electrons. The fourth-order valence-electron chi connectivity index (χ4n) is 2.13. The number of aryl methyl sites for hydroxylation is 1. The predicted molar refractivity (Wildman–Crippen MR) is 102 cm³/mol. The van der Waals surface area contributed by atoms with Crippen LogP contribution in [-0.4, -0.2) is 22.7 Å². The van der Waals surface area contributed by atoms with Crippen LogP contribution in [0.4, 0.5) is 17.3 Å². The van der Waals surface area contributed by atoms with Crippen LogP contribution >= 0.6 is 11.6 Å². The van der Waals surface area contributed by atoms with Gasteiger partial charge in [-0.15, -0.1) is 10.2 Å². The molecule has 0 spiro atoms. The first-order chi connectivity index (χ1) is 12.6. The molecule has 0 saturated heterocycles. The molecule has 1 heterocycles. The molecule has 2 N–H and O–H groups in total. The second kappa shape index (κ2) is 8.31. The summed E-state index contributed by atoms with van der Waals surface area (Å²) in [5, 5.41) is 14.3. The molecule has 3 aromatic rings. The van der Waals surface area contributed by atoms with Gasteiger partial charge in [0.2, 0.25) is 0 Å². The summed E-state index contributed by atoms with van der Waals surface area (Å²) in [5.74, 6) is 1.18. The summed E-state index contributed by atoms with van der Waals surface area (Å²) in [6.45, 7) is 1.88. The number of hydrogen-bond acceptors (Lipinski definition) is 5. The van der Waals surface area contributed by atoms with Crippen molar-refractivity contribution in [1.29, 1.82) is 0 Å². The van der Waals surface area contributed by atoms with Crippen molar-refractivity contribution in [3.63, 3.8) is 0 Å².